The molecule has 112 valence electrons. The van der Waals surface area contributed by atoms with Crippen molar-refractivity contribution in [3.8, 4) is 0 Å². The first-order valence-corrected chi connectivity index (χ1v) is 6.90. The largest absolute Gasteiger partial charge is 0.389 e. The second-order valence-corrected chi connectivity index (χ2v) is 5.51. The number of halogens is 3. The summed E-state index contributed by atoms with van der Waals surface area (Å²) in [6.45, 7) is 0.558. The summed E-state index contributed by atoms with van der Waals surface area (Å²) in [7, 11) is 0. The summed E-state index contributed by atoms with van der Waals surface area (Å²) in [6, 6.07) is 0. The summed E-state index contributed by atoms with van der Waals surface area (Å²) in [4.78, 5) is 11.8. The first-order chi connectivity index (χ1) is 8.87. The SMILES string of the molecule is NCC1(CC(=O)NCCCC(F)(F)F)CCCCC1. The smallest absolute Gasteiger partial charge is 0.356 e. The molecule has 0 bridgehead atoms. The second-order valence-electron chi connectivity index (χ2n) is 5.51. The second kappa shape index (κ2) is 7.12. The van der Waals surface area contributed by atoms with E-state index in [2.05, 4.69) is 5.32 Å². The summed E-state index contributed by atoms with van der Waals surface area (Å²) < 4.78 is 35.8. The van der Waals surface area contributed by atoms with Gasteiger partial charge in [0.1, 0.15) is 0 Å². The van der Waals surface area contributed by atoms with Crippen molar-refractivity contribution in [2.24, 2.45) is 11.1 Å². The third-order valence-corrected chi connectivity index (χ3v) is 3.84. The van der Waals surface area contributed by atoms with Crippen LogP contribution in [0.3, 0.4) is 0 Å². The van der Waals surface area contributed by atoms with Crippen molar-refractivity contribution in [1.82, 2.24) is 5.32 Å². The summed E-state index contributed by atoms with van der Waals surface area (Å²) in [6.07, 6.45) is 0.507. The molecule has 3 N–H and O–H groups in total. The first kappa shape index (κ1) is 16.3. The molecule has 3 nitrogen and oxygen atoms in total. The Labute approximate surface area is 112 Å². The van der Waals surface area contributed by atoms with E-state index in [-0.39, 0.29) is 24.3 Å². The number of nitrogens with two attached hydrogens (primary N) is 1. The number of rotatable bonds is 6. The molecule has 0 spiro atoms. The van der Waals surface area contributed by atoms with Gasteiger partial charge in [0, 0.05) is 19.4 Å². The molecule has 1 aliphatic carbocycles. The van der Waals surface area contributed by atoms with E-state index in [1.807, 2.05) is 0 Å². The van der Waals surface area contributed by atoms with E-state index >= 15 is 0 Å². The molecule has 0 aromatic carbocycles. The molecule has 6 heteroatoms. The van der Waals surface area contributed by atoms with Crippen LogP contribution >= 0.6 is 0 Å². The highest BCUT2D eigenvalue weighted by Gasteiger charge is 2.33. The van der Waals surface area contributed by atoms with Gasteiger partial charge in [0.2, 0.25) is 5.91 Å². The zero-order valence-corrected chi connectivity index (χ0v) is 11.2. The van der Waals surface area contributed by atoms with Crippen LogP contribution in [-0.2, 0) is 4.79 Å². The number of carbonyl (C=O) groups excluding carboxylic acids is 1. The van der Waals surface area contributed by atoms with Crippen molar-refractivity contribution < 1.29 is 18.0 Å². The van der Waals surface area contributed by atoms with Crippen LogP contribution in [0.5, 0.6) is 0 Å². The van der Waals surface area contributed by atoms with Crippen LogP contribution in [0.15, 0.2) is 0 Å². The van der Waals surface area contributed by atoms with Crippen LogP contribution in [0.2, 0.25) is 0 Å². The minimum absolute atomic E-state index is 0.0646. The van der Waals surface area contributed by atoms with Crippen molar-refractivity contribution >= 4 is 5.91 Å². The monoisotopic (exact) mass is 280 g/mol. The van der Waals surface area contributed by atoms with Gasteiger partial charge in [0.05, 0.1) is 0 Å². The van der Waals surface area contributed by atoms with Crippen molar-refractivity contribution in [3.63, 3.8) is 0 Å². The molecule has 0 atom stereocenters. The maximum Gasteiger partial charge on any atom is 0.389 e. The topological polar surface area (TPSA) is 55.1 Å². The summed E-state index contributed by atoms with van der Waals surface area (Å²) in [5.41, 5.74) is 5.64. The quantitative estimate of drug-likeness (QED) is 0.735. The fraction of sp³-hybridized carbons (Fsp3) is 0.923. The molecule has 0 unspecified atom stereocenters. The Morgan fingerprint density at radius 1 is 1.21 bits per heavy atom. The average molecular weight is 280 g/mol. The lowest BCUT2D eigenvalue weighted by Crippen LogP contribution is -2.39. The molecule has 0 aromatic heterocycles. The van der Waals surface area contributed by atoms with Gasteiger partial charge in [-0.2, -0.15) is 13.2 Å². The van der Waals surface area contributed by atoms with Crippen molar-refractivity contribution in [3.05, 3.63) is 0 Å². The van der Waals surface area contributed by atoms with Crippen LogP contribution in [0.4, 0.5) is 13.2 Å². The van der Waals surface area contributed by atoms with E-state index in [0.717, 1.165) is 25.7 Å². The van der Waals surface area contributed by atoms with Gasteiger partial charge in [0.15, 0.2) is 0 Å². The normalized spacial score (nSPS) is 19.2. The highest BCUT2D eigenvalue weighted by atomic mass is 19.4. The average Bonchev–Trinajstić information content (AvgIpc) is 2.35. The molecule has 1 amide bonds. The lowest BCUT2D eigenvalue weighted by Gasteiger charge is -2.35. The third kappa shape index (κ3) is 6.27. The standard InChI is InChI=1S/C13H23F3N2O/c14-13(15,16)7-4-8-18-11(19)9-12(10-17)5-2-1-3-6-12/h1-10,17H2,(H,18,19). The maximum absolute atomic E-state index is 11.9. The molecular weight excluding hydrogens is 257 g/mol. The molecule has 0 heterocycles. The number of carbonyl (C=O) groups is 1. The van der Waals surface area contributed by atoms with Crippen molar-refractivity contribution in [1.29, 1.82) is 0 Å². The molecule has 19 heavy (non-hydrogen) atoms. The number of hydrogen-bond donors (Lipinski definition) is 2. The first-order valence-electron chi connectivity index (χ1n) is 6.90. The van der Waals surface area contributed by atoms with Gasteiger partial charge in [-0.3, -0.25) is 4.79 Å². The molecule has 1 rings (SSSR count). The summed E-state index contributed by atoms with van der Waals surface area (Å²) in [5, 5.41) is 2.57. The van der Waals surface area contributed by atoms with Gasteiger partial charge in [-0.25, -0.2) is 0 Å². The van der Waals surface area contributed by atoms with E-state index < -0.39 is 12.6 Å². The van der Waals surface area contributed by atoms with E-state index in [1.54, 1.807) is 0 Å². The zero-order valence-electron chi connectivity index (χ0n) is 11.2. The molecular formula is C13H23F3N2O. The van der Waals surface area contributed by atoms with Crippen LogP contribution in [0.1, 0.15) is 51.4 Å². The van der Waals surface area contributed by atoms with Crippen LogP contribution in [-0.4, -0.2) is 25.2 Å². The molecule has 1 fully saturated rings. The van der Waals surface area contributed by atoms with Gasteiger partial charge in [0.25, 0.3) is 0 Å². The number of nitrogens with one attached hydrogen (secondary N) is 1. The van der Waals surface area contributed by atoms with E-state index in [0.29, 0.717) is 13.0 Å². The van der Waals surface area contributed by atoms with Crippen molar-refractivity contribution in [2.45, 2.75) is 57.5 Å². The van der Waals surface area contributed by atoms with E-state index in [4.69, 9.17) is 5.73 Å². The molecule has 1 saturated carbocycles. The van der Waals surface area contributed by atoms with Gasteiger partial charge in [-0.1, -0.05) is 19.3 Å². The van der Waals surface area contributed by atoms with Gasteiger partial charge in [-0.05, 0) is 31.2 Å². The minimum Gasteiger partial charge on any atom is -0.356 e. The zero-order chi connectivity index (χ0) is 14.4. The van der Waals surface area contributed by atoms with Crippen LogP contribution in [0, 0.1) is 5.41 Å². The lowest BCUT2D eigenvalue weighted by atomic mass is 9.71. The van der Waals surface area contributed by atoms with Gasteiger partial charge in [-0.15, -0.1) is 0 Å². The van der Waals surface area contributed by atoms with Gasteiger partial charge < -0.3 is 11.1 Å². The Morgan fingerprint density at radius 3 is 2.37 bits per heavy atom. The minimum atomic E-state index is -4.15. The number of amides is 1. The fourth-order valence-electron chi connectivity index (χ4n) is 2.67. The molecule has 0 aromatic rings. The maximum atomic E-state index is 11.9. The van der Waals surface area contributed by atoms with Crippen LogP contribution in [0.25, 0.3) is 0 Å². The predicted molar refractivity (Wildman–Crippen MR) is 67.5 cm³/mol. The highest BCUT2D eigenvalue weighted by Crippen LogP contribution is 2.38. The van der Waals surface area contributed by atoms with Gasteiger partial charge >= 0.3 is 6.18 Å². The Bertz CT molecular complexity index is 286. The third-order valence-electron chi connectivity index (χ3n) is 3.84. The Morgan fingerprint density at radius 2 is 1.84 bits per heavy atom. The lowest BCUT2D eigenvalue weighted by molar-refractivity contribution is -0.136. The van der Waals surface area contributed by atoms with Crippen LogP contribution < -0.4 is 11.1 Å². The molecule has 0 saturated heterocycles. The van der Waals surface area contributed by atoms with E-state index in [1.165, 1.54) is 6.42 Å². The van der Waals surface area contributed by atoms with E-state index in [9.17, 15) is 18.0 Å². The Balaban J connectivity index is 2.26. The predicted octanol–water partition coefficient (Wildman–Crippen LogP) is 2.74. The van der Waals surface area contributed by atoms with Crippen molar-refractivity contribution in [2.75, 3.05) is 13.1 Å². The number of hydrogen-bond acceptors (Lipinski definition) is 2. The number of alkyl halides is 3. The summed E-state index contributed by atoms with van der Waals surface area (Å²) >= 11 is 0. The Hall–Kier alpha value is -0.780. The highest BCUT2D eigenvalue weighted by molar-refractivity contribution is 5.76. The summed E-state index contributed by atoms with van der Waals surface area (Å²) in [5.74, 6) is -0.172. The molecule has 0 radical (unpaired) electrons. The molecule has 0 aliphatic heterocycles. The fourth-order valence-corrected chi connectivity index (χ4v) is 2.67. The Kier molecular flexibility index (Phi) is 6.10. The molecule has 1 aliphatic rings.